The fraction of sp³-hybridized carbons (Fsp3) is 0.222. The summed E-state index contributed by atoms with van der Waals surface area (Å²) in [6, 6.07) is 16.4. The molecule has 190 valence electrons. The second-order valence-corrected chi connectivity index (χ2v) is 9.52. The van der Waals surface area contributed by atoms with Gasteiger partial charge in [0.15, 0.2) is 4.96 Å². The first-order valence-electron chi connectivity index (χ1n) is 11.8. The first kappa shape index (κ1) is 25.8. The third kappa shape index (κ3) is 5.92. The Morgan fingerprint density at radius 3 is 2.38 bits per heavy atom. The molecule has 37 heavy (non-hydrogen) atoms. The van der Waals surface area contributed by atoms with E-state index in [9.17, 15) is 19.2 Å². The lowest BCUT2D eigenvalue weighted by Crippen LogP contribution is -2.25. The summed E-state index contributed by atoms with van der Waals surface area (Å²) in [6.07, 6.45) is 1.08. The van der Waals surface area contributed by atoms with Crippen LogP contribution in [0.5, 0.6) is 0 Å². The van der Waals surface area contributed by atoms with Crippen LogP contribution in [0, 0.1) is 0 Å². The molecule has 4 aromatic rings. The van der Waals surface area contributed by atoms with Gasteiger partial charge >= 0.3 is 5.97 Å². The average Bonchev–Trinajstić information content (AvgIpc) is 3.25. The van der Waals surface area contributed by atoms with Gasteiger partial charge in [0.05, 0.1) is 11.7 Å². The van der Waals surface area contributed by atoms with E-state index < -0.39 is 23.3 Å². The molecule has 0 spiro atoms. The van der Waals surface area contributed by atoms with E-state index >= 15 is 0 Å². The highest BCUT2D eigenvalue weighted by Crippen LogP contribution is 2.24. The fourth-order valence-corrected chi connectivity index (χ4v) is 4.71. The largest absolute Gasteiger partial charge is 0.459 e. The summed E-state index contributed by atoms with van der Waals surface area (Å²) < 4.78 is 6.37. The summed E-state index contributed by atoms with van der Waals surface area (Å²) in [5, 5.41) is 5.47. The van der Waals surface area contributed by atoms with E-state index in [-0.39, 0.29) is 27.2 Å². The number of benzene rings is 2. The molecular weight excluding hydrogens is 492 g/mol. The number of fused-ring (bicyclic) bond motifs is 1. The van der Waals surface area contributed by atoms with Crippen LogP contribution in [0.2, 0.25) is 0 Å². The van der Waals surface area contributed by atoms with Gasteiger partial charge in [-0.05, 0) is 50.6 Å². The molecule has 0 atom stereocenters. The van der Waals surface area contributed by atoms with Gasteiger partial charge in [-0.25, -0.2) is 14.2 Å². The number of aromatic nitrogens is 2. The van der Waals surface area contributed by atoms with Gasteiger partial charge in [-0.1, -0.05) is 48.9 Å². The number of carbonyl (C=O) groups is 3. The van der Waals surface area contributed by atoms with Crippen LogP contribution in [0.1, 0.15) is 63.4 Å². The molecule has 4 rings (SSSR count). The SMILES string of the molecule is CCCc1cc(=O)n2c(C(=O)Nc3cccc(C(=O)OC(C)C)c3)c(C(=O)Nc3ccccc3)sc2n1. The zero-order valence-electron chi connectivity index (χ0n) is 20.6. The van der Waals surface area contributed by atoms with Crippen molar-refractivity contribution in [3.8, 4) is 0 Å². The first-order chi connectivity index (χ1) is 17.8. The van der Waals surface area contributed by atoms with E-state index in [4.69, 9.17) is 4.74 Å². The molecule has 2 amide bonds. The second-order valence-electron chi connectivity index (χ2n) is 8.54. The zero-order chi connectivity index (χ0) is 26.5. The van der Waals surface area contributed by atoms with Crippen molar-refractivity contribution in [3.63, 3.8) is 0 Å². The number of hydrogen-bond donors (Lipinski definition) is 2. The molecule has 0 saturated heterocycles. The Morgan fingerprint density at radius 1 is 0.973 bits per heavy atom. The normalized spacial score (nSPS) is 10.9. The minimum Gasteiger partial charge on any atom is -0.459 e. The molecule has 2 aromatic heterocycles. The third-order valence-corrected chi connectivity index (χ3v) is 6.27. The molecule has 10 heteroatoms. The maximum Gasteiger partial charge on any atom is 0.338 e. The monoisotopic (exact) mass is 518 g/mol. The highest BCUT2D eigenvalue weighted by Gasteiger charge is 2.27. The number of nitrogens with one attached hydrogen (secondary N) is 2. The van der Waals surface area contributed by atoms with Gasteiger partial charge in [0.25, 0.3) is 17.4 Å². The Kier molecular flexibility index (Phi) is 7.78. The molecule has 0 radical (unpaired) electrons. The number of thiazole rings is 1. The minimum atomic E-state index is -0.689. The van der Waals surface area contributed by atoms with Crippen molar-refractivity contribution in [3.05, 3.63) is 92.8 Å². The number of carbonyl (C=O) groups excluding carboxylic acids is 3. The molecule has 9 nitrogen and oxygen atoms in total. The predicted octanol–water partition coefficient (Wildman–Crippen LogP) is 4.78. The van der Waals surface area contributed by atoms with E-state index in [1.807, 2.05) is 13.0 Å². The van der Waals surface area contributed by atoms with Crippen LogP contribution in [-0.4, -0.2) is 33.3 Å². The van der Waals surface area contributed by atoms with E-state index in [1.165, 1.54) is 12.1 Å². The van der Waals surface area contributed by atoms with Gasteiger partial charge in [0, 0.05) is 23.1 Å². The second kappa shape index (κ2) is 11.2. The van der Waals surface area contributed by atoms with E-state index in [1.54, 1.807) is 56.3 Å². The number of nitrogens with zero attached hydrogens (tertiary/aromatic N) is 2. The standard InChI is InChI=1S/C27H26N4O5S/c1-4-9-19-15-21(32)31-22(23(37-27(31)30-19)25(34)28-18-11-6-5-7-12-18)24(33)29-20-13-8-10-17(14-20)26(35)36-16(2)3/h5-8,10-16H,4,9H2,1-3H3,(H,28,34)(H,29,33). The van der Waals surface area contributed by atoms with Gasteiger partial charge in [0.2, 0.25) is 0 Å². The van der Waals surface area contributed by atoms with E-state index in [0.717, 1.165) is 22.2 Å². The van der Waals surface area contributed by atoms with Crippen molar-refractivity contribution in [2.45, 2.75) is 39.7 Å². The lowest BCUT2D eigenvalue weighted by atomic mass is 10.2. The minimum absolute atomic E-state index is 0.0370. The molecule has 2 heterocycles. The predicted molar refractivity (Wildman–Crippen MR) is 143 cm³/mol. The summed E-state index contributed by atoms with van der Waals surface area (Å²) >= 11 is 0.964. The van der Waals surface area contributed by atoms with Crippen molar-refractivity contribution in [2.24, 2.45) is 0 Å². The highest BCUT2D eigenvalue weighted by atomic mass is 32.1. The Bertz CT molecular complexity index is 1530. The van der Waals surface area contributed by atoms with Crippen molar-refractivity contribution in [2.75, 3.05) is 10.6 Å². The highest BCUT2D eigenvalue weighted by molar-refractivity contribution is 7.19. The van der Waals surface area contributed by atoms with Gasteiger partial charge in [-0.2, -0.15) is 0 Å². The Balaban J connectivity index is 1.75. The molecule has 0 saturated carbocycles. The van der Waals surface area contributed by atoms with Gasteiger partial charge in [0.1, 0.15) is 10.6 Å². The lowest BCUT2D eigenvalue weighted by molar-refractivity contribution is 0.0377. The van der Waals surface area contributed by atoms with E-state index in [2.05, 4.69) is 15.6 Å². The number of amides is 2. The van der Waals surface area contributed by atoms with Crippen molar-refractivity contribution in [1.29, 1.82) is 0 Å². The number of anilines is 2. The van der Waals surface area contributed by atoms with Gasteiger partial charge in [-0.3, -0.25) is 14.4 Å². The maximum absolute atomic E-state index is 13.5. The van der Waals surface area contributed by atoms with Crippen LogP contribution < -0.4 is 16.2 Å². The molecule has 0 fully saturated rings. The smallest absolute Gasteiger partial charge is 0.338 e. The first-order valence-corrected chi connectivity index (χ1v) is 12.6. The molecular formula is C27H26N4O5S. The zero-order valence-corrected chi connectivity index (χ0v) is 21.4. The molecule has 0 aliphatic heterocycles. The van der Waals surface area contributed by atoms with Crippen LogP contribution in [0.4, 0.5) is 11.4 Å². The quantitative estimate of drug-likeness (QED) is 0.324. The maximum atomic E-state index is 13.5. The average molecular weight is 519 g/mol. The number of ether oxygens (including phenoxy) is 1. The molecule has 0 aliphatic rings. The number of rotatable bonds is 8. The molecule has 0 unspecified atom stereocenters. The molecule has 2 aromatic carbocycles. The van der Waals surface area contributed by atoms with Crippen LogP contribution in [0.15, 0.2) is 65.5 Å². The Hall–Kier alpha value is -4.31. The summed E-state index contributed by atoms with van der Waals surface area (Å²) in [7, 11) is 0. The number of hydrogen-bond acceptors (Lipinski definition) is 7. The lowest BCUT2D eigenvalue weighted by Gasteiger charge is -2.11. The Labute approximate surface area is 217 Å². The summed E-state index contributed by atoms with van der Waals surface area (Å²) in [6.45, 7) is 5.45. The van der Waals surface area contributed by atoms with Crippen molar-refractivity contribution < 1.29 is 19.1 Å². The topological polar surface area (TPSA) is 119 Å². The molecule has 2 N–H and O–H groups in total. The number of aryl methyl sites for hydroxylation is 1. The van der Waals surface area contributed by atoms with Crippen molar-refractivity contribution in [1.82, 2.24) is 9.38 Å². The van der Waals surface area contributed by atoms with Crippen molar-refractivity contribution >= 4 is 45.5 Å². The number of esters is 1. The summed E-state index contributed by atoms with van der Waals surface area (Å²) in [5.41, 5.74) is 1.10. The van der Waals surface area contributed by atoms with Crippen LogP contribution >= 0.6 is 11.3 Å². The van der Waals surface area contributed by atoms with Crippen LogP contribution in [-0.2, 0) is 11.2 Å². The number of para-hydroxylation sites is 1. The van der Waals surface area contributed by atoms with Crippen LogP contribution in [0.25, 0.3) is 4.96 Å². The summed E-state index contributed by atoms with van der Waals surface area (Å²) in [4.78, 5) is 56.9. The van der Waals surface area contributed by atoms with Crippen LogP contribution in [0.3, 0.4) is 0 Å². The molecule has 0 aliphatic carbocycles. The van der Waals surface area contributed by atoms with Gasteiger partial charge < -0.3 is 15.4 Å². The third-order valence-electron chi connectivity index (χ3n) is 5.23. The van der Waals surface area contributed by atoms with Gasteiger partial charge in [-0.15, -0.1) is 0 Å². The van der Waals surface area contributed by atoms with E-state index in [0.29, 0.717) is 23.5 Å². The molecule has 0 bridgehead atoms. The fourth-order valence-electron chi connectivity index (χ4n) is 3.67. The summed E-state index contributed by atoms with van der Waals surface area (Å²) in [5.74, 6) is -1.76. The Morgan fingerprint density at radius 2 is 1.68 bits per heavy atom.